The number of rotatable bonds is 7. The first-order valence-electron chi connectivity index (χ1n) is 10.3. The molecule has 1 fully saturated rings. The number of carbonyl (C=O) groups is 1. The number of methoxy groups -OCH3 is 1. The van der Waals surface area contributed by atoms with Gasteiger partial charge in [-0.05, 0) is 49.4 Å². The number of amides is 1. The van der Waals surface area contributed by atoms with Gasteiger partial charge in [0, 0.05) is 11.6 Å². The van der Waals surface area contributed by atoms with Gasteiger partial charge in [-0.25, -0.2) is 13.4 Å². The van der Waals surface area contributed by atoms with Crippen molar-refractivity contribution < 1.29 is 22.4 Å². The van der Waals surface area contributed by atoms with E-state index in [0.717, 1.165) is 24.8 Å². The zero-order valence-corrected chi connectivity index (χ0v) is 18.8. The van der Waals surface area contributed by atoms with E-state index in [1.807, 2.05) is 0 Å². The van der Waals surface area contributed by atoms with E-state index in [4.69, 9.17) is 9.15 Å². The van der Waals surface area contributed by atoms with Crippen LogP contribution in [-0.4, -0.2) is 38.2 Å². The Morgan fingerprint density at radius 1 is 1.23 bits per heavy atom. The Kier molecular flexibility index (Phi) is 6.85. The van der Waals surface area contributed by atoms with Crippen molar-refractivity contribution in [1.82, 2.24) is 10.3 Å². The fourth-order valence-corrected chi connectivity index (χ4v) is 5.18. The lowest BCUT2D eigenvalue weighted by Crippen LogP contribution is -2.45. The van der Waals surface area contributed by atoms with Gasteiger partial charge in [0.05, 0.1) is 18.6 Å². The molecule has 0 aliphatic heterocycles. The van der Waals surface area contributed by atoms with Gasteiger partial charge in [-0.1, -0.05) is 26.7 Å². The van der Waals surface area contributed by atoms with E-state index in [1.165, 1.54) is 0 Å². The molecule has 1 aromatic heterocycles. The molecule has 3 rings (SSSR count). The minimum Gasteiger partial charge on any atom is -0.497 e. The average molecular weight is 435 g/mol. The van der Waals surface area contributed by atoms with Crippen LogP contribution in [0.15, 0.2) is 28.7 Å². The third kappa shape index (κ3) is 5.41. The molecule has 0 saturated heterocycles. The number of nitrogens with zero attached hydrogens (tertiary/aromatic N) is 1. The molecular weight excluding hydrogens is 404 g/mol. The Bertz CT molecular complexity index is 981. The maximum atomic E-state index is 12.6. The van der Waals surface area contributed by atoms with Crippen LogP contribution in [0.5, 0.6) is 5.75 Å². The number of ether oxygens (including phenoxy) is 1. The zero-order valence-electron chi connectivity index (χ0n) is 18.0. The average Bonchev–Trinajstić information content (AvgIpc) is 3.04. The molecule has 30 heavy (non-hydrogen) atoms. The molecule has 1 amide bonds. The first-order chi connectivity index (χ1) is 14.2. The summed E-state index contributed by atoms with van der Waals surface area (Å²) in [5.74, 6) is 1.02. The highest BCUT2D eigenvalue weighted by Crippen LogP contribution is 2.29. The largest absolute Gasteiger partial charge is 0.497 e. The van der Waals surface area contributed by atoms with Crippen LogP contribution < -0.4 is 10.1 Å². The van der Waals surface area contributed by atoms with E-state index < -0.39 is 21.5 Å². The van der Waals surface area contributed by atoms with Gasteiger partial charge in [-0.15, -0.1) is 0 Å². The molecule has 0 bridgehead atoms. The SMILES string of the molecule is COc1ccc(-c2nc(CS(=O)(=O)CC(=O)N[C@@H]3CCC[C@H](C)[C@H]3C)c(C)o2)cc1. The molecule has 8 heteroatoms. The predicted octanol–water partition coefficient (Wildman–Crippen LogP) is 3.51. The quantitative estimate of drug-likeness (QED) is 0.716. The van der Waals surface area contributed by atoms with Crippen molar-refractivity contribution in [1.29, 1.82) is 0 Å². The molecule has 164 valence electrons. The smallest absolute Gasteiger partial charge is 0.235 e. The van der Waals surface area contributed by atoms with Crippen LogP contribution in [-0.2, 0) is 20.4 Å². The molecule has 0 radical (unpaired) electrons. The van der Waals surface area contributed by atoms with E-state index in [-0.39, 0.29) is 11.8 Å². The topological polar surface area (TPSA) is 98.5 Å². The standard InChI is InChI=1S/C22H30N2O5S/c1-14-6-5-7-19(15(14)2)23-21(25)13-30(26,27)12-20-16(3)29-22(24-20)17-8-10-18(28-4)11-9-17/h8-11,14-15,19H,5-7,12-13H2,1-4H3,(H,23,25)/t14-,15+,19+/m0/s1. The van der Waals surface area contributed by atoms with Gasteiger partial charge >= 0.3 is 0 Å². The van der Waals surface area contributed by atoms with Crippen LogP contribution in [0.4, 0.5) is 0 Å². The number of oxazole rings is 1. The molecule has 1 heterocycles. The first kappa shape index (κ1) is 22.3. The first-order valence-corrected chi connectivity index (χ1v) is 12.1. The van der Waals surface area contributed by atoms with E-state index in [1.54, 1.807) is 38.3 Å². The van der Waals surface area contributed by atoms with Crippen molar-refractivity contribution in [2.45, 2.75) is 51.8 Å². The highest BCUT2D eigenvalue weighted by atomic mass is 32.2. The highest BCUT2D eigenvalue weighted by Gasteiger charge is 2.30. The summed E-state index contributed by atoms with van der Waals surface area (Å²) in [7, 11) is -2.09. The van der Waals surface area contributed by atoms with Crippen LogP contribution in [0.3, 0.4) is 0 Å². The third-order valence-corrected chi connectivity index (χ3v) is 7.41. The lowest BCUT2D eigenvalue weighted by atomic mass is 9.78. The molecule has 0 spiro atoms. The Morgan fingerprint density at radius 3 is 2.60 bits per heavy atom. The Morgan fingerprint density at radius 2 is 1.93 bits per heavy atom. The van der Waals surface area contributed by atoms with Crippen LogP contribution in [0.25, 0.3) is 11.5 Å². The maximum Gasteiger partial charge on any atom is 0.235 e. The van der Waals surface area contributed by atoms with E-state index in [0.29, 0.717) is 34.9 Å². The number of hydrogen-bond donors (Lipinski definition) is 1. The second-order valence-electron chi connectivity index (χ2n) is 8.22. The number of carbonyl (C=O) groups excluding carboxylic acids is 1. The van der Waals surface area contributed by atoms with E-state index in [9.17, 15) is 13.2 Å². The van der Waals surface area contributed by atoms with Crippen LogP contribution in [0.1, 0.15) is 44.6 Å². The van der Waals surface area contributed by atoms with Crippen molar-refractivity contribution in [3.05, 3.63) is 35.7 Å². The van der Waals surface area contributed by atoms with Gasteiger partial charge in [0.1, 0.15) is 17.3 Å². The third-order valence-electron chi connectivity index (χ3n) is 5.99. The molecule has 1 aliphatic rings. The number of sulfone groups is 1. The van der Waals surface area contributed by atoms with Crippen LogP contribution >= 0.6 is 0 Å². The second kappa shape index (κ2) is 9.20. The molecule has 7 nitrogen and oxygen atoms in total. The lowest BCUT2D eigenvalue weighted by Gasteiger charge is -2.34. The number of hydrogen-bond acceptors (Lipinski definition) is 6. The minimum atomic E-state index is -3.67. The summed E-state index contributed by atoms with van der Waals surface area (Å²) in [5, 5.41) is 2.92. The molecule has 1 saturated carbocycles. The lowest BCUT2D eigenvalue weighted by molar-refractivity contribution is -0.120. The van der Waals surface area contributed by atoms with E-state index >= 15 is 0 Å². The maximum absolute atomic E-state index is 12.6. The second-order valence-corrected chi connectivity index (χ2v) is 10.3. The minimum absolute atomic E-state index is 0.0342. The summed E-state index contributed by atoms with van der Waals surface area (Å²) < 4.78 is 36.0. The summed E-state index contributed by atoms with van der Waals surface area (Å²) in [5.41, 5.74) is 1.05. The number of aromatic nitrogens is 1. The Balaban J connectivity index is 1.64. The molecule has 3 atom stereocenters. The van der Waals surface area contributed by atoms with Crippen molar-refractivity contribution in [2.24, 2.45) is 11.8 Å². The number of benzene rings is 1. The monoisotopic (exact) mass is 434 g/mol. The summed E-state index contributed by atoms with van der Waals surface area (Å²) in [6.07, 6.45) is 3.09. The number of aryl methyl sites for hydroxylation is 1. The highest BCUT2D eigenvalue weighted by molar-refractivity contribution is 7.91. The van der Waals surface area contributed by atoms with Crippen molar-refractivity contribution in [3.63, 3.8) is 0 Å². The normalized spacial score (nSPS) is 21.9. The number of nitrogens with one attached hydrogen (secondary N) is 1. The summed E-state index contributed by atoms with van der Waals surface area (Å²) in [6, 6.07) is 7.18. The zero-order chi connectivity index (χ0) is 21.9. The fourth-order valence-electron chi connectivity index (χ4n) is 3.91. The molecule has 1 N–H and O–H groups in total. The van der Waals surface area contributed by atoms with Crippen LogP contribution in [0, 0.1) is 18.8 Å². The van der Waals surface area contributed by atoms with Crippen molar-refractivity contribution in [2.75, 3.05) is 12.9 Å². The predicted molar refractivity (Wildman–Crippen MR) is 115 cm³/mol. The van der Waals surface area contributed by atoms with Crippen LogP contribution in [0.2, 0.25) is 0 Å². The Labute approximate surface area is 178 Å². The molecule has 1 aromatic carbocycles. The fraction of sp³-hybridized carbons (Fsp3) is 0.545. The summed E-state index contributed by atoms with van der Waals surface area (Å²) in [6.45, 7) is 5.96. The summed E-state index contributed by atoms with van der Waals surface area (Å²) >= 11 is 0. The van der Waals surface area contributed by atoms with Gasteiger partial charge in [0.2, 0.25) is 11.8 Å². The van der Waals surface area contributed by atoms with Crippen molar-refractivity contribution in [3.8, 4) is 17.2 Å². The molecule has 0 unspecified atom stereocenters. The van der Waals surface area contributed by atoms with Gasteiger partial charge in [0.25, 0.3) is 0 Å². The van der Waals surface area contributed by atoms with Gasteiger partial charge in [-0.2, -0.15) is 0 Å². The molecular formula is C22H30N2O5S. The Hall–Kier alpha value is -2.35. The van der Waals surface area contributed by atoms with Gasteiger partial charge in [-0.3, -0.25) is 4.79 Å². The molecule has 2 aromatic rings. The van der Waals surface area contributed by atoms with Gasteiger partial charge < -0.3 is 14.5 Å². The van der Waals surface area contributed by atoms with Gasteiger partial charge in [0.15, 0.2) is 9.84 Å². The summed E-state index contributed by atoms with van der Waals surface area (Å²) in [4.78, 5) is 16.7. The van der Waals surface area contributed by atoms with Crippen molar-refractivity contribution >= 4 is 15.7 Å². The molecule has 1 aliphatic carbocycles. The van der Waals surface area contributed by atoms with E-state index in [2.05, 4.69) is 24.1 Å².